The number of benzene rings is 1. The van der Waals surface area contributed by atoms with E-state index in [0.717, 1.165) is 29.2 Å². The van der Waals surface area contributed by atoms with Gasteiger partial charge in [0.05, 0.1) is 17.4 Å². The lowest BCUT2D eigenvalue weighted by atomic mass is 10.1. The van der Waals surface area contributed by atoms with Crippen molar-refractivity contribution in [3.8, 4) is 0 Å². The first-order valence-electron chi connectivity index (χ1n) is 10.7. The zero-order valence-corrected chi connectivity index (χ0v) is 19.9. The van der Waals surface area contributed by atoms with Crippen LogP contribution in [0.3, 0.4) is 0 Å². The summed E-state index contributed by atoms with van der Waals surface area (Å²) >= 11 is 3.02. The number of fused-ring (bicyclic) bond motifs is 1. The van der Waals surface area contributed by atoms with Gasteiger partial charge in [0.1, 0.15) is 9.22 Å². The number of thiophene rings is 1. The van der Waals surface area contributed by atoms with Crippen LogP contribution in [-0.2, 0) is 23.0 Å². The molecule has 4 heterocycles. The molecule has 9 heteroatoms. The van der Waals surface area contributed by atoms with Gasteiger partial charge in [-0.15, -0.1) is 22.7 Å². The number of hydrogen-bond acceptors (Lipinski definition) is 7. The van der Waals surface area contributed by atoms with Crippen LogP contribution < -0.4 is 9.62 Å². The highest BCUT2D eigenvalue weighted by Crippen LogP contribution is 2.43. The highest BCUT2D eigenvalue weighted by molar-refractivity contribution is 7.94. The van der Waals surface area contributed by atoms with E-state index < -0.39 is 10.0 Å². The summed E-state index contributed by atoms with van der Waals surface area (Å²) < 4.78 is 28.4. The topological polar surface area (TPSA) is 65.5 Å². The molecule has 0 aliphatic carbocycles. The third kappa shape index (κ3) is 4.00. The first-order valence-corrected chi connectivity index (χ1v) is 13.8. The molecular formula is C22H26N4O2S3. The zero-order chi connectivity index (χ0) is 21.4. The third-order valence-corrected chi connectivity index (χ3v) is 10.3. The van der Waals surface area contributed by atoms with E-state index in [0.29, 0.717) is 16.4 Å². The number of nitrogens with one attached hydrogen (secondary N) is 1. The van der Waals surface area contributed by atoms with Crippen molar-refractivity contribution in [3.63, 3.8) is 0 Å². The maximum atomic E-state index is 13.2. The molecule has 1 unspecified atom stereocenters. The van der Waals surface area contributed by atoms with Gasteiger partial charge >= 0.3 is 0 Å². The number of hydrogen-bond donors (Lipinski definition) is 1. The fourth-order valence-corrected chi connectivity index (χ4v) is 8.03. The van der Waals surface area contributed by atoms with E-state index in [4.69, 9.17) is 4.98 Å². The zero-order valence-electron chi connectivity index (χ0n) is 17.5. The summed E-state index contributed by atoms with van der Waals surface area (Å²) in [5.41, 5.74) is 2.76. The summed E-state index contributed by atoms with van der Waals surface area (Å²) in [6.45, 7) is 5.58. The van der Waals surface area contributed by atoms with E-state index in [1.165, 1.54) is 46.5 Å². The number of para-hydroxylation sites is 1. The summed E-state index contributed by atoms with van der Waals surface area (Å²) in [5.74, 6) is 0. The van der Waals surface area contributed by atoms with Crippen LogP contribution >= 0.6 is 22.7 Å². The molecule has 2 aliphatic heterocycles. The number of anilines is 2. The van der Waals surface area contributed by atoms with Gasteiger partial charge in [0.2, 0.25) is 0 Å². The van der Waals surface area contributed by atoms with Gasteiger partial charge in [0.15, 0.2) is 0 Å². The largest absolute Gasteiger partial charge is 0.374 e. The fourth-order valence-electron chi connectivity index (χ4n) is 4.43. The molecule has 2 aromatic heterocycles. The first kappa shape index (κ1) is 20.9. The first-order chi connectivity index (χ1) is 15.1. The second-order valence-corrected chi connectivity index (χ2v) is 12.1. The number of aromatic nitrogens is 1. The molecule has 164 valence electrons. The summed E-state index contributed by atoms with van der Waals surface area (Å²) in [5, 5.41) is 6.46. The van der Waals surface area contributed by atoms with Crippen molar-refractivity contribution in [2.45, 2.75) is 43.0 Å². The van der Waals surface area contributed by atoms with E-state index in [9.17, 15) is 8.42 Å². The summed E-state index contributed by atoms with van der Waals surface area (Å²) in [6, 6.07) is 9.44. The molecule has 0 radical (unpaired) electrons. The monoisotopic (exact) mass is 474 g/mol. The lowest BCUT2D eigenvalue weighted by Crippen LogP contribution is -2.30. The van der Waals surface area contributed by atoms with E-state index >= 15 is 0 Å². The molecule has 1 fully saturated rings. The number of thiazole rings is 1. The lowest BCUT2D eigenvalue weighted by molar-refractivity contribution is 0.334. The predicted molar refractivity (Wildman–Crippen MR) is 128 cm³/mol. The Labute approximate surface area is 191 Å². The van der Waals surface area contributed by atoms with E-state index in [1.54, 1.807) is 28.8 Å². The van der Waals surface area contributed by atoms with Crippen LogP contribution in [0.25, 0.3) is 0 Å². The molecule has 6 nitrogen and oxygen atoms in total. The van der Waals surface area contributed by atoms with Crippen molar-refractivity contribution in [1.29, 1.82) is 0 Å². The van der Waals surface area contributed by atoms with Crippen LogP contribution in [0, 0.1) is 0 Å². The molecule has 3 aromatic rings. The molecule has 2 aliphatic rings. The highest BCUT2D eigenvalue weighted by atomic mass is 32.2. The van der Waals surface area contributed by atoms with Gasteiger partial charge in [0, 0.05) is 30.6 Å². The molecule has 1 atom stereocenters. The molecule has 1 N–H and O–H groups in total. The second kappa shape index (κ2) is 8.54. The minimum absolute atomic E-state index is 0.0802. The minimum atomic E-state index is -3.58. The molecule has 0 amide bonds. The van der Waals surface area contributed by atoms with Crippen molar-refractivity contribution >= 4 is 44.1 Å². The summed E-state index contributed by atoms with van der Waals surface area (Å²) in [6.07, 6.45) is 5.40. The van der Waals surface area contributed by atoms with Crippen LogP contribution in [0.15, 0.2) is 46.1 Å². The molecule has 0 saturated carbocycles. The number of nitrogens with zero attached hydrogens (tertiary/aromatic N) is 3. The quantitative estimate of drug-likeness (QED) is 0.537. The molecule has 0 bridgehead atoms. The molecule has 31 heavy (non-hydrogen) atoms. The van der Waals surface area contributed by atoms with Gasteiger partial charge in [-0.05, 0) is 55.9 Å². The standard InChI is InChI=1S/C22H26N4O2S3/c1-2-26(31(27,28)20-9-6-12-29-20)19-8-5-7-16-13-18(24-21(16)19)22-23-14-17(30-22)15-25-10-3-4-11-25/h5-9,12,14,18,24H,2-4,10-11,13,15H2,1H3. The third-order valence-electron chi connectivity index (χ3n) is 5.91. The maximum absolute atomic E-state index is 13.2. The normalized spacial score (nSPS) is 18.8. The number of likely N-dealkylation sites (tertiary alicyclic amines) is 1. The molecule has 5 rings (SSSR count). The van der Waals surface area contributed by atoms with Crippen LogP contribution in [0.2, 0.25) is 0 Å². The predicted octanol–water partition coefficient (Wildman–Crippen LogP) is 4.72. The van der Waals surface area contributed by atoms with E-state index in [2.05, 4.69) is 16.3 Å². The number of sulfonamides is 1. The van der Waals surface area contributed by atoms with E-state index in [-0.39, 0.29) is 6.04 Å². The van der Waals surface area contributed by atoms with Crippen molar-refractivity contribution in [2.24, 2.45) is 0 Å². The van der Waals surface area contributed by atoms with Crippen molar-refractivity contribution in [1.82, 2.24) is 9.88 Å². The lowest BCUT2D eigenvalue weighted by Gasteiger charge is -2.24. The number of rotatable bonds is 7. The SMILES string of the molecule is CCN(c1cccc2c1NC(c1ncc(CN3CCCC3)s1)C2)S(=O)(=O)c1cccs1. The summed E-state index contributed by atoms with van der Waals surface area (Å²) in [4.78, 5) is 8.49. The Morgan fingerprint density at radius 2 is 2.06 bits per heavy atom. The fraction of sp³-hybridized carbons (Fsp3) is 0.409. The Hall–Kier alpha value is -1.94. The van der Waals surface area contributed by atoms with Crippen LogP contribution in [0.4, 0.5) is 11.4 Å². The van der Waals surface area contributed by atoms with Crippen LogP contribution in [0.5, 0.6) is 0 Å². The van der Waals surface area contributed by atoms with Gasteiger partial charge in [-0.2, -0.15) is 0 Å². The van der Waals surface area contributed by atoms with Gasteiger partial charge in [-0.3, -0.25) is 9.21 Å². The smallest absolute Gasteiger partial charge is 0.273 e. The van der Waals surface area contributed by atoms with Crippen molar-refractivity contribution in [3.05, 3.63) is 57.4 Å². The summed E-state index contributed by atoms with van der Waals surface area (Å²) in [7, 11) is -3.58. The molecular weight excluding hydrogens is 448 g/mol. The van der Waals surface area contributed by atoms with Crippen LogP contribution in [-0.4, -0.2) is 37.9 Å². The van der Waals surface area contributed by atoms with Gasteiger partial charge in [-0.25, -0.2) is 13.4 Å². The Morgan fingerprint density at radius 3 is 2.81 bits per heavy atom. The maximum Gasteiger partial charge on any atom is 0.273 e. The average Bonchev–Trinajstić information content (AvgIpc) is 3.54. The van der Waals surface area contributed by atoms with Gasteiger partial charge < -0.3 is 5.32 Å². The Morgan fingerprint density at radius 1 is 1.23 bits per heavy atom. The minimum Gasteiger partial charge on any atom is -0.374 e. The molecule has 1 aromatic carbocycles. The Balaban J connectivity index is 1.39. The van der Waals surface area contributed by atoms with E-state index in [1.807, 2.05) is 25.3 Å². The second-order valence-electron chi connectivity index (χ2n) is 7.96. The van der Waals surface area contributed by atoms with Crippen molar-refractivity contribution in [2.75, 3.05) is 29.3 Å². The van der Waals surface area contributed by atoms with Gasteiger partial charge in [0.25, 0.3) is 10.0 Å². The van der Waals surface area contributed by atoms with Crippen LogP contribution in [0.1, 0.15) is 41.3 Å². The Kier molecular flexibility index (Phi) is 5.76. The molecule has 0 spiro atoms. The van der Waals surface area contributed by atoms with Gasteiger partial charge in [-0.1, -0.05) is 18.2 Å². The van der Waals surface area contributed by atoms with Crippen molar-refractivity contribution < 1.29 is 8.42 Å². The Bertz CT molecular complexity index is 1150. The molecule has 1 saturated heterocycles. The highest BCUT2D eigenvalue weighted by Gasteiger charge is 2.32. The average molecular weight is 475 g/mol.